The van der Waals surface area contributed by atoms with Gasteiger partial charge in [0.15, 0.2) is 0 Å². The molecule has 70 valence electrons. The van der Waals surface area contributed by atoms with Crippen molar-refractivity contribution in [2.75, 3.05) is 18.0 Å². The van der Waals surface area contributed by atoms with Crippen LogP contribution < -0.4 is 4.90 Å². The summed E-state index contributed by atoms with van der Waals surface area (Å²) < 4.78 is 0. The zero-order valence-electron chi connectivity index (χ0n) is 7.03. The molecule has 1 fully saturated rings. The van der Waals surface area contributed by atoms with Crippen LogP contribution >= 0.6 is 0 Å². The van der Waals surface area contributed by atoms with Crippen molar-refractivity contribution in [3.05, 3.63) is 5.82 Å². The Morgan fingerprint density at radius 3 is 2.69 bits per heavy atom. The molecule has 0 amide bonds. The number of rotatable bonds is 2. The van der Waals surface area contributed by atoms with Crippen LogP contribution in [0.25, 0.3) is 0 Å². The molecule has 0 aliphatic carbocycles. The lowest BCUT2D eigenvalue weighted by Gasteiger charge is -2.10. The van der Waals surface area contributed by atoms with E-state index in [0.29, 0.717) is 5.95 Å². The zero-order valence-corrected chi connectivity index (χ0v) is 7.03. The van der Waals surface area contributed by atoms with Crippen molar-refractivity contribution in [3.8, 4) is 0 Å². The Kier molecular flexibility index (Phi) is 1.88. The summed E-state index contributed by atoms with van der Waals surface area (Å²) in [6.45, 7) is 1.83. The first-order valence-corrected chi connectivity index (χ1v) is 4.18. The summed E-state index contributed by atoms with van der Waals surface area (Å²) in [6, 6.07) is 0. The maximum atomic E-state index is 10.5. The predicted octanol–water partition coefficient (Wildman–Crippen LogP) is 0.103. The van der Waals surface area contributed by atoms with Gasteiger partial charge < -0.3 is 10.0 Å². The van der Waals surface area contributed by atoms with Gasteiger partial charge in [-0.15, -0.1) is 5.10 Å². The Balaban J connectivity index is 2.16. The van der Waals surface area contributed by atoms with Gasteiger partial charge in [-0.2, -0.15) is 4.98 Å². The summed E-state index contributed by atoms with van der Waals surface area (Å²) in [5, 5.41) is 14.8. The Labute approximate surface area is 74.6 Å². The molecule has 0 radical (unpaired) electrons. The van der Waals surface area contributed by atoms with Gasteiger partial charge in [0.05, 0.1) is 0 Å². The summed E-state index contributed by atoms with van der Waals surface area (Å²) in [7, 11) is 0. The quantitative estimate of drug-likeness (QED) is 0.678. The van der Waals surface area contributed by atoms with Crippen LogP contribution in [0.15, 0.2) is 0 Å². The second-order valence-corrected chi connectivity index (χ2v) is 2.98. The van der Waals surface area contributed by atoms with E-state index in [4.69, 9.17) is 5.11 Å². The van der Waals surface area contributed by atoms with E-state index in [1.807, 2.05) is 4.90 Å². The average Bonchev–Trinajstić information content (AvgIpc) is 2.75. The maximum absolute atomic E-state index is 10.5. The van der Waals surface area contributed by atoms with Gasteiger partial charge in [-0.3, -0.25) is 5.10 Å². The summed E-state index contributed by atoms with van der Waals surface area (Å²) >= 11 is 0. The van der Waals surface area contributed by atoms with E-state index in [-0.39, 0.29) is 5.82 Å². The highest BCUT2D eigenvalue weighted by molar-refractivity contribution is 5.83. The van der Waals surface area contributed by atoms with E-state index in [1.165, 1.54) is 0 Å². The summed E-state index contributed by atoms with van der Waals surface area (Å²) in [5.74, 6) is -0.672. The fourth-order valence-electron chi connectivity index (χ4n) is 1.41. The van der Waals surface area contributed by atoms with Crippen molar-refractivity contribution in [1.82, 2.24) is 15.2 Å². The van der Waals surface area contributed by atoms with E-state index < -0.39 is 5.97 Å². The highest BCUT2D eigenvalue weighted by Gasteiger charge is 2.18. The average molecular weight is 182 g/mol. The molecule has 0 atom stereocenters. The topological polar surface area (TPSA) is 82.1 Å². The third kappa shape index (κ3) is 1.47. The largest absolute Gasteiger partial charge is 0.475 e. The Morgan fingerprint density at radius 1 is 1.46 bits per heavy atom. The summed E-state index contributed by atoms with van der Waals surface area (Å²) in [5.41, 5.74) is 0. The molecule has 0 saturated carbocycles. The van der Waals surface area contributed by atoms with E-state index in [1.54, 1.807) is 0 Å². The maximum Gasteiger partial charge on any atom is 0.373 e. The molecule has 13 heavy (non-hydrogen) atoms. The number of nitrogens with one attached hydrogen (secondary N) is 1. The van der Waals surface area contributed by atoms with Crippen LogP contribution in [-0.4, -0.2) is 39.3 Å². The highest BCUT2D eigenvalue weighted by Crippen LogP contribution is 2.14. The van der Waals surface area contributed by atoms with Crippen LogP contribution in [0.5, 0.6) is 0 Å². The molecule has 0 spiro atoms. The van der Waals surface area contributed by atoms with Crippen molar-refractivity contribution in [3.63, 3.8) is 0 Å². The molecule has 6 heteroatoms. The molecular formula is C7H10N4O2. The van der Waals surface area contributed by atoms with Crippen LogP contribution in [0, 0.1) is 0 Å². The number of H-pyrrole nitrogens is 1. The van der Waals surface area contributed by atoms with Gasteiger partial charge in [0.25, 0.3) is 0 Å². The molecule has 1 saturated heterocycles. The standard InChI is InChI=1S/C7H10N4O2/c12-6(13)5-8-7(10-9-5)11-3-1-2-4-11/h1-4H2,(H,12,13)(H,8,9,10). The van der Waals surface area contributed by atoms with Crippen LogP contribution in [0.3, 0.4) is 0 Å². The van der Waals surface area contributed by atoms with Gasteiger partial charge in [0, 0.05) is 13.1 Å². The normalized spacial score (nSPS) is 16.5. The highest BCUT2D eigenvalue weighted by atomic mass is 16.4. The Hall–Kier alpha value is -1.59. The molecule has 1 aliphatic heterocycles. The molecule has 1 aromatic heterocycles. The first-order valence-electron chi connectivity index (χ1n) is 4.18. The second kappa shape index (κ2) is 3.04. The van der Waals surface area contributed by atoms with Gasteiger partial charge >= 0.3 is 5.97 Å². The molecular weight excluding hydrogens is 172 g/mol. The monoisotopic (exact) mass is 182 g/mol. The van der Waals surface area contributed by atoms with Crippen LogP contribution in [0.2, 0.25) is 0 Å². The molecule has 1 aromatic rings. The fourth-order valence-corrected chi connectivity index (χ4v) is 1.41. The number of aromatic nitrogens is 3. The Bertz CT molecular complexity index is 316. The smallest absolute Gasteiger partial charge is 0.373 e. The van der Waals surface area contributed by atoms with Gasteiger partial charge in [-0.05, 0) is 12.8 Å². The zero-order chi connectivity index (χ0) is 9.26. The number of nitrogens with zero attached hydrogens (tertiary/aromatic N) is 3. The van der Waals surface area contributed by atoms with E-state index in [2.05, 4.69) is 15.2 Å². The molecule has 2 heterocycles. The minimum atomic E-state index is -1.07. The summed E-state index contributed by atoms with van der Waals surface area (Å²) in [6.07, 6.45) is 2.24. The van der Waals surface area contributed by atoms with E-state index >= 15 is 0 Å². The van der Waals surface area contributed by atoms with Crippen molar-refractivity contribution in [1.29, 1.82) is 0 Å². The molecule has 6 nitrogen and oxygen atoms in total. The first kappa shape index (κ1) is 8.03. The van der Waals surface area contributed by atoms with Crippen molar-refractivity contribution in [2.24, 2.45) is 0 Å². The lowest BCUT2D eigenvalue weighted by Crippen LogP contribution is -2.19. The van der Waals surface area contributed by atoms with Crippen LogP contribution in [-0.2, 0) is 0 Å². The van der Waals surface area contributed by atoms with Crippen LogP contribution in [0.4, 0.5) is 5.95 Å². The molecule has 0 unspecified atom stereocenters. The van der Waals surface area contributed by atoms with E-state index in [0.717, 1.165) is 25.9 Å². The van der Waals surface area contributed by atoms with Crippen molar-refractivity contribution in [2.45, 2.75) is 12.8 Å². The number of carboxylic acids is 1. The van der Waals surface area contributed by atoms with Gasteiger partial charge in [0.1, 0.15) is 0 Å². The SMILES string of the molecule is O=C(O)c1nc(N2CCCC2)n[nH]1. The Morgan fingerprint density at radius 2 is 2.15 bits per heavy atom. The molecule has 0 bridgehead atoms. The number of anilines is 1. The molecule has 2 rings (SSSR count). The lowest BCUT2D eigenvalue weighted by atomic mass is 10.4. The molecule has 1 aliphatic rings. The molecule has 0 aromatic carbocycles. The van der Waals surface area contributed by atoms with Gasteiger partial charge in [-0.25, -0.2) is 4.79 Å². The fraction of sp³-hybridized carbons (Fsp3) is 0.571. The minimum absolute atomic E-state index is 0.0955. The van der Waals surface area contributed by atoms with Crippen molar-refractivity contribution < 1.29 is 9.90 Å². The third-order valence-corrected chi connectivity index (χ3v) is 2.07. The first-order chi connectivity index (χ1) is 6.27. The number of hydrogen-bond donors (Lipinski definition) is 2. The number of carboxylic acid groups (broad SMARTS) is 1. The van der Waals surface area contributed by atoms with Crippen molar-refractivity contribution >= 4 is 11.9 Å². The lowest BCUT2D eigenvalue weighted by molar-refractivity contribution is 0.0684. The van der Waals surface area contributed by atoms with E-state index in [9.17, 15) is 4.79 Å². The van der Waals surface area contributed by atoms with Crippen LogP contribution in [0.1, 0.15) is 23.5 Å². The van der Waals surface area contributed by atoms with Gasteiger partial charge in [-0.1, -0.05) is 0 Å². The number of carbonyl (C=O) groups is 1. The van der Waals surface area contributed by atoms with Gasteiger partial charge in [0.2, 0.25) is 11.8 Å². The second-order valence-electron chi connectivity index (χ2n) is 2.98. The number of aromatic amines is 1. The molecule has 2 N–H and O–H groups in total. The number of aromatic carboxylic acids is 1. The minimum Gasteiger partial charge on any atom is -0.475 e. The predicted molar refractivity (Wildman–Crippen MR) is 44.8 cm³/mol. The number of hydrogen-bond acceptors (Lipinski definition) is 4. The summed E-state index contributed by atoms with van der Waals surface area (Å²) in [4.78, 5) is 16.3. The third-order valence-electron chi connectivity index (χ3n) is 2.07.